The van der Waals surface area contributed by atoms with Gasteiger partial charge in [0.05, 0.1) is 5.54 Å². The number of carbonyl (C=O) groups is 2. The maximum atomic E-state index is 14.4. The molecule has 1 aliphatic heterocycles. The first kappa shape index (κ1) is 21.0. The highest BCUT2D eigenvalue weighted by Crippen LogP contribution is 2.34. The number of piperidine rings is 1. The van der Waals surface area contributed by atoms with Gasteiger partial charge in [0, 0.05) is 37.6 Å². The number of halogens is 1. The van der Waals surface area contributed by atoms with E-state index in [1.54, 1.807) is 30.3 Å². The Bertz CT molecular complexity index is 859. The molecule has 0 spiro atoms. The van der Waals surface area contributed by atoms with Gasteiger partial charge >= 0.3 is 0 Å². The molecule has 1 aliphatic rings. The van der Waals surface area contributed by atoms with Crippen molar-refractivity contribution in [1.29, 1.82) is 0 Å². The van der Waals surface area contributed by atoms with Crippen molar-refractivity contribution in [1.82, 2.24) is 10.2 Å². The number of nitrogens with one attached hydrogen (secondary N) is 1. The molecule has 0 unspecified atom stereocenters. The molecule has 2 aromatic rings. The molecule has 0 saturated carbocycles. The zero-order valence-electron chi connectivity index (χ0n) is 16.7. The molecule has 0 radical (unpaired) electrons. The van der Waals surface area contributed by atoms with Crippen LogP contribution in [0.3, 0.4) is 0 Å². The SMILES string of the molecule is CC(=O)NC1(c2ccccc2F)CCN(CCCC(=O)c2ccc(O)cc2)CC1. The lowest BCUT2D eigenvalue weighted by Gasteiger charge is -2.42. The number of Topliss-reactive ketones (excluding diaryl/α,β-unsaturated/α-hetero) is 1. The Balaban J connectivity index is 1.55. The summed E-state index contributed by atoms with van der Waals surface area (Å²) in [6, 6.07) is 12.9. The minimum absolute atomic E-state index is 0.0564. The topological polar surface area (TPSA) is 69.6 Å². The molecule has 0 aromatic heterocycles. The predicted molar refractivity (Wildman–Crippen MR) is 109 cm³/mol. The van der Waals surface area contributed by atoms with Crippen molar-refractivity contribution >= 4 is 11.7 Å². The first-order valence-corrected chi connectivity index (χ1v) is 9.98. The van der Waals surface area contributed by atoms with Gasteiger partial charge in [-0.05, 0) is 56.1 Å². The Hall–Kier alpha value is -2.73. The summed E-state index contributed by atoms with van der Waals surface area (Å²) in [6.45, 7) is 3.69. The Kier molecular flexibility index (Phi) is 6.64. The van der Waals surface area contributed by atoms with E-state index in [1.807, 2.05) is 0 Å². The Morgan fingerprint density at radius 1 is 1.10 bits per heavy atom. The van der Waals surface area contributed by atoms with Crippen LogP contribution in [0, 0.1) is 5.82 Å². The quantitative estimate of drug-likeness (QED) is 0.699. The molecule has 2 N–H and O–H groups in total. The monoisotopic (exact) mass is 398 g/mol. The standard InChI is InChI=1S/C23H27FN2O3/c1-17(27)25-23(20-5-2-3-6-21(20)24)12-15-26(16-13-23)14-4-7-22(29)18-8-10-19(28)11-9-18/h2-3,5-6,8-11,28H,4,7,12-16H2,1H3,(H,25,27). The molecule has 1 amide bonds. The number of likely N-dealkylation sites (tertiary alicyclic amines) is 1. The van der Waals surface area contributed by atoms with Crippen molar-refractivity contribution in [2.45, 2.75) is 38.1 Å². The van der Waals surface area contributed by atoms with Gasteiger partial charge in [-0.15, -0.1) is 0 Å². The number of hydrogen-bond donors (Lipinski definition) is 2. The fourth-order valence-corrected chi connectivity index (χ4v) is 4.06. The highest BCUT2D eigenvalue weighted by Gasteiger charge is 2.38. The number of carbonyl (C=O) groups excluding carboxylic acids is 2. The average Bonchev–Trinajstić information content (AvgIpc) is 2.70. The van der Waals surface area contributed by atoms with E-state index in [0.29, 0.717) is 30.4 Å². The van der Waals surface area contributed by atoms with Crippen molar-refractivity contribution in [2.75, 3.05) is 19.6 Å². The third-order valence-corrected chi connectivity index (χ3v) is 5.58. The summed E-state index contributed by atoms with van der Waals surface area (Å²) in [7, 11) is 0. The van der Waals surface area contributed by atoms with Crippen LogP contribution in [0.5, 0.6) is 5.75 Å². The second kappa shape index (κ2) is 9.18. The number of amides is 1. The number of rotatable bonds is 7. The first-order chi connectivity index (χ1) is 13.9. The van der Waals surface area contributed by atoms with Crippen LogP contribution in [0.1, 0.15) is 48.5 Å². The number of benzene rings is 2. The lowest BCUT2D eigenvalue weighted by Crippen LogP contribution is -2.53. The van der Waals surface area contributed by atoms with E-state index in [-0.39, 0.29) is 23.3 Å². The third-order valence-electron chi connectivity index (χ3n) is 5.58. The number of hydrogen-bond acceptors (Lipinski definition) is 4. The van der Waals surface area contributed by atoms with Gasteiger partial charge in [0.1, 0.15) is 11.6 Å². The van der Waals surface area contributed by atoms with Gasteiger partial charge in [-0.25, -0.2) is 4.39 Å². The molecule has 0 atom stereocenters. The van der Waals surface area contributed by atoms with E-state index in [9.17, 15) is 19.1 Å². The number of phenolic OH excluding ortho intramolecular Hbond substituents is 1. The number of nitrogens with zero attached hydrogens (tertiary/aromatic N) is 1. The van der Waals surface area contributed by atoms with Crippen molar-refractivity contribution in [3.63, 3.8) is 0 Å². The van der Waals surface area contributed by atoms with Crippen LogP contribution in [0.25, 0.3) is 0 Å². The molecular formula is C23H27FN2O3. The van der Waals surface area contributed by atoms with E-state index in [0.717, 1.165) is 26.1 Å². The Morgan fingerprint density at radius 2 is 1.76 bits per heavy atom. The molecule has 6 heteroatoms. The summed E-state index contributed by atoms with van der Waals surface area (Å²) in [6.07, 6.45) is 2.41. The van der Waals surface area contributed by atoms with E-state index >= 15 is 0 Å². The van der Waals surface area contributed by atoms with Crippen LogP contribution < -0.4 is 5.32 Å². The fraction of sp³-hybridized carbons (Fsp3) is 0.391. The van der Waals surface area contributed by atoms with Gasteiger partial charge in [0.2, 0.25) is 5.91 Å². The number of ketones is 1. The van der Waals surface area contributed by atoms with Crippen molar-refractivity contribution < 1.29 is 19.1 Å². The summed E-state index contributed by atoms with van der Waals surface area (Å²) < 4.78 is 14.4. The van der Waals surface area contributed by atoms with Crippen LogP contribution in [0.15, 0.2) is 48.5 Å². The zero-order chi connectivity index (χ0) is 20.9. The van der Waals surface area contributed by atoms with E-state index < -0.39 is 5.54 Å². The molecule has 2 aromatic carbocycles. The summed E-state index contributed by atoms with van der Waals surface area (Å²) >= 11 is 0. The van der Waals surface area contributed by atoms with Crippen molar-refractivity contribution in [3.05, 3.63) is 65.5 Å². The summed E-state index contributed by atoms with van der Waals surface area (Å²) in [5, 5.41) is 12.3. The number of aromatic hydroxyl groups is 1. The zero-order valence-corrected chi connectivity index (χ0v) is 16.7. The van der Waals surface area contributed by atoms with Crippen LogP contribution in [0.2, 0.25) is 0 Å². The van der Waals surface area contributed by atoms with Crippen molar-refractivity contribution in [3.8, 4) is 5.75 Å². The molecule has 29 heavy (non-hydrogen) atoms. The highest BCUT2D eigenvalue weighted by atomic mass is 19.1. The van der Waals surface area contributed by atoms with Crippen molar-refractivity contribution in [2.24, 2.45) is 0 Å². The predicted octanol–water partition coefficient (Wildman–Crippen LogP) is 3.62. The van der Waals surface area contributed by atoms with Gasteiger partial charge in [-0.1, -0.05) is 18.2 Å². The second-order valence-electron chi connectivity index (χ2n) is 7.66. The largest absolute Gasteiger partial charge is 0.508 e. The maximum absolute atomic E-state index is 14.4. The maximum Gasteiger partial charge on any atom is 0.217 e. The van der Waals surface area contributed by atoms with E-state index in [1.165, 1.54) is 25.1 Å². The molecule has 5 nitrogen and oxygen atoms in total. The second-order valence-corrected chi connectivity index (χ2v) is 7.66. The Morgan fingerprint density at radius 3 is 2.38 bits per heavy atom. The van der Waals surface area contributed by atoms with Gasteiger partial charge < -0.3 is 15.3 Å². The normalized spacial score (nSPS) is 16.3. The summed E-state index contributed by atoms with van der Waals surface area (Å²) in [5.41, 5.74) is 0.457. The van der Waals surface area contributed by atoms with Crippen LogP contribution in [0.4, 0.5) is 4.39 Å². The van der Waals surface area contributed by atoms with Crippen LogP contribution in [-0.2, 0) is 10.3 Å². The van der Waals surface area contributed by atoms with Gasteiger partial charge in [0.25, 0.3) is 0 Å². The minimum Gasteiger partial charge on any atom is -0.508 e. The average molecular weight is 398 g/mol. The van der Waals surface area contributed by atoms with E-state index in [4.69, 9.17) is 0 Å². The van der Waals surface area contributed by atoms with Gasteiger partial charge in [-0.3, -0.25) is 9.59 Å². The summed E-state index contributed by atoms with van der Waals surface area (Å²) in [4.78, 5) is 26.3. The van der Waals surface area contributed by atoms with E-state index in [2.05, 4.69) is 10.2 Å². The van der Waals surface area contributed by atoms with Crippen LogP contribution >= 0.6 is 0 Å². The Labute approximate surface area is 170 Å². The van der Waals surface area contributed by atoms with Gasteiger partial charge in [-0.2, -0.15) is 0 Å². The lowest BCUT2D eigenvalue weighted by atomic mass is 9.80. The lowest BCUT2D eigenvalue weighted by molar-refractivity contribution is -0.121. The molecule has 1 saturated heterocycles. The first-order valence-electron chi connectivity index (χ1n) is 9.98. The molecule has 3 rings (SSSR count). The van der Waals surface area contributed by atoms with Crippen LogP contribution in [-0.4, -0.2) is 41.3 Å². The minimum atomic E-state index is -0.685. The smallest absolute Gasteiger partial charge is 0.217 e. The fourth-order valence-electron chi connectivity index (χ4n) is 4.06. The highest BCUT2D eigenvalue weighted by molar-refractivity contribution is 5.96. The van der Waals surface area contributed by atoms with Gasteiger partial charge in [0.15, 0.2) is 5.78 Å². The molecule has 0 bridgehead atoms. The molecule has 0 aliphatic carbocycles. The third kappa shape index (κ3) is 5.21. The molecule has 1 fully saturated rings. The number of phenols is 1. The molecule has 154 valence electrons. The molecule has 1 heterocycles. The molecular weight excluding hydrogens is 371 g/mol. The summed E-state index contributed by atoms with van der Waals surface area (Å²) in [5.74, 6) is -0.260.